The molecule has 0 bridgehead atoms. The Morgan fingerprint density at radius 1 is 1.28 bits per heavy atom. The third kappa shape index (κ3) is 3.12. The minimum atomic E-state index is -0.0225. The van der Waals surface area contributed by atoms with Crippen LogP contribution in [0.5, 0.6) is 5.75 Å². The Balaban J connectivity index is 2.03. The SMILES string of the molecule is Cc1ccc(Cl)c(OCC(=O)c2ccc(C)s2)c1. The van der Waals surface area contributed by atoms with E-state index in [9.17, 15) is 4.79 Å². The van der Waals surface area contributed by atoms with Gasteiger partial charge in [-0.2, -0.15) is 0 Å². The zero-order chi connectivity index (χ0) is 13.1. The highest BCUT2D eigenvalue weighted by molar-refractivity contribution is 7.14. The van der Waals surface area contributed by atoms with E-state index in [1.165, 1.54) is 11.3 Å². The normalized spacial score (nSPS) is 10.4. The summed E-state index contributed by atoms with van der Waals surface area (Å²) in [5, 5.41) is 0.524. The molecule has 0 atom stereocenters. The van der Waals surface area contributed by atoms with Crippen molar-refractivity contribution >= 4 is 28.7 Å². The molecule has 2 rings (SSSR count). The number of aryl methyl sites for hydroxylation is 2. The molecule has 18 heavy (non-hydrogen) atoms. The van der Waals surface area contributed by atoms with Gasteiger partial charge in [0.05, 0.1) is 9.90 Å². The van der Waals surface area contributed by atoms with Gasteiger partial charge in [0.15, 0.2) is 6.61 Å². The van der Waals surface area contributed by atoms with Gasteiger partial charge in [-0.3, -0.25) is 4.79 Å². The van der Waals surface area contributed by atoms with Crippen molar-refractivity contribution < 1.29 is 9.53 Å². The van der Waals surface area contributed by atoms with Crippen molar-refractivity contribution in [3.05, 3.63) is 50.7 Å². The molecule has 0 aliphatic carbocycles. The largest absolute Gasteiger partial charge is 0.484 e. The molecule has 0 fully saturated rings. The van der Waals surface area contributed by atoms with Gasteiger partial charge in [-0.1, -0.05) is 17.7 Å². The average Bonchev–Trinajstić information content (AvgIpc) is 2.77. The highest BCUT2D eigenvalue weighted by Crippen LogP contribution is 2.25. The maximum Gasteiger partial charge on any atom is 0.210 e. The van der Waals surface area contributed by atoms with E-state index in [4.69, 9.17) is 16.3 Å². The molecule has 0 spiro atoms. The molecule has 94 valence electrons. The van der Waals surface area contributed by atoms with Gasteiger partial charge in [-0.05, 0) is 43.7 Å². The van der Waals surface area contributed by atoms with Gasteiger partial charge < -0.3 is 4.74 Å². The lowest BCUT2D eigenvalue weighted by atomic mass is 10.2. The summed E-state index contributed by atoms with van der Waals surface area (Å²) in [6, 6.07) is 9.25. The van der Waals surface area contributed by atoms with Crippen molar-refractivity contribution in [2.45, 2.75) is 13.8 Å². The lowest BCUT2D eigenvalue weighted by Gasteiger charge is -2.07. The van der Waals surface area contributed by atoms with Crippen LogP contribution in [0.15, 0.2) is 30.3 Å². The fourth-order valence-corrected chi connectivity index (χ4v) is 2.48. The highest BCUT2D eigenvalue weighted by atomic mass is 35.5. The lowest BCUT2D eigenvalue weighted by molar-refractivity contribution is 0.0925. The van der Waals surface area contributed by atoms with Crippen LogP contribution in [0.4, 0.5) is 0 Å². The molecule has 0 saturated heterocycles. The number of hydrogen-bond acceptors (Lipinski definition) is 3. The summed E-state index contributed by atoms with van der Waals surface area (Å²) in [6.45, 7) is 3.94. The standard InChI is InChI=1S/C14H13ClO2S/c1-9-3-5-11(15)13(7-9)17-8-12(16)14-6-4-10(2)18-14/h3-7H,8H2,1-2H3. The monoisotopic (exact) mass is 280 g/mol. The van der Waals surface area contributed by atoms with Crippen molar-refractivity contribution in [3.63, 3.8) is 0 Å². The number of benzene rings is 1. The van der Waals surface area contributed by atoms with Crippen molar-refractivity contribution in [2.75, 3.05) is 6.61 Å². The molecule has 0 N–H and O–H groups in total. The number of Topliss-reactive ketones (excluding diaryl/α,β-unsaturated/α-hetero) is 1. The molecule has 0 aliphatic heterocycles. The average molecular weight is 281 g/mol. The van der Waals surface area contributed by atoms with E-state index in [2.05, 4.69) is 0 Å². The first-order valence-electron chi connectivity index (χ1n) is 5.55. The van der Waals surface area contributed by atoms with E-state index in [-0.39, 0.29) is 12.4 Å². The zero-order valence-corrected chi connectivity index (χ0v) is 11.8. The summed E-state index contributed by atoms with van der Waals surface area (Å²) in [7, 11) is 0. The zero-order valence-electron chi connectivity index (χ0n) is 10.2. The van der Waals surface area contributed by atoms with Crippen molar-refractivity contribution in [2.24, 2.45) is 0 Å². The van der Waals surface area contributed by atoms with Gasteiger partial charge >= 0.3 is 0 Å². The maximum absolute atomic E-state index is 11.9. The second kappa shape index (κ2) is 5.55. The van der Waals surface area contributed by atoms with E-state index >= 15 is 0 Å². The van der Waals surface area contributed by atoms with Gasteiger partial charge in [0, 0.05) is 4.88 Å². The molecule has 0 aliphatic rings. The number of carbonyl (C=O) groups excluding carboxylic acids is 1. The lowest BCUT2D eigenvalue weighted by Crippen LogP contribution is -2.10. The van der Waals surface area contributed by atoms with Crippen LogP contribution < -0.4 is 4.74 Å². The molecule has 0 amide bonds. The molecule has 1 aromatic carbocycles. The van der Waals surface area contributed by atoms with E-state index in [1.807, 2.05) is 38.1 Å². The van der Waals surface area contributed by atoms with Crippen molar-refractivity contribution in [1.29, 1.82) is 0 Å². The van der Waals surface area contributed by atoms with Crippen LogP contribution in [0.3, 0.4) is 0 Å². The molecule has 2 nitrogen and oxygen atoms in total. The van der Waals surface area contributed by atoms with Gasteiger partial charge in [0.25, 0.3) is 0 Å². The molecular weight excluding hydrogens is 268 g/mol. The number of hydrogen-bond donors (Lipinski definition) is 0. The fraction of sp³-hybridized carbons (Fsp3) is 0.214. The number of ether oxygens (including phenoxy) is 1. The van der Waals surface area contributed by atoms with Crippen LogP contribution >= 0.6 is 22.9 Å². The molecule has 1 heterocycles. The predicted molar refractivity (Wildman–Crippen MR) is 75.1 cm³/mol. The van der Waals surface area contributed by atoms with Gasteiger partial charge in [0.2, 0.25) is 5.78 Å². The fourth-order valence-electron chi connectivity index (χ4n) is 1.52. The summed E-state index contributed by atoms with van der Waals surface area (Å²) in [4.78, 5) is 13.7. The summed E-state index contributed by atoms with van der Waals surface area (Å²) in [5.41, 5.74) is 1.05. The van der Waals surface area contributed by atoms with Crippen LogP contribution in [0.2, 0.25) is 5.02 Å². The number of carbonyl (C=O) groups is 1. The van der Waals surface area contributed by atoms with Gasteiger partial charge in [-0.25, -0.2) is 0 Å². The van der Waals surface area contributed by atoms with Crippen LogP contribution in [0.25, 0.3) is 0 Å². The summed E-state index contributed by atoms with van der Waals surface area (Å²) in [5.74, 6) is 0.531. The minimum Gasteiger partial charge on any atom is -0.484 e. The second-order valence-electron chi connectivity index (χ2n) is 4.06. The Morgan fingerprint density at radius 2 is 2.06 bits per heavy atom. The van der Waals surface area contributed by atoms with Crippen LogP contribution in [0.1, 0.15) is 20.1 Å². The summed E-state index contributed by atoms with van der Waals surface area (Å²) >= 11 is 7.47. The van der Waals surface area contributed by atoms with E-state index in [1.54, 1.807) is 6.07 Å². The van der Waals surface area contributed by atoms with E-state index in [0.29, 0.717) is 10.8 Å². The first-order valence-corrected chi connectivity index (χ1v) is 6.74. The second-order valence-corrected chi connectivity index (χ2v) is 5.75. The molecular formula is C14H13ClO2S. The first kappa shape index (κ1) is 13.1. The predicted octanol–water partition coefficient (Wildman–Crippen LogP) is 4.28. The van der Waals surface area contributed by atoms with Crippen LogP contribution in [-0.2, 0) is 0 Å². The number of thiophene rings is 1. The quantitative estimate of drug-likeness (QED) is 0.782. The molecule has 2 aromatic rings. The molecule has 0 unspecified atom stereocenters. The number of halogens is 1. The number of ketones is 1. The van der Waals surface area contributed by atoms with Crippen molar-refractivity contribution in [1.82, 2.24) is 0 Å². The Hall–Kier alpha value is -1.32. The Kier molecular flexibility index (Phi) is 4.04. The van der Waals surface area contributed by atoms with Crippen molar-refractivity contribution in [3.8, 4) is 5.75 Å². The summed E-state index contributed by atoms with van der Waals surface area (Å²) in [6.07, 6.45) is 0. The molecule has 0 radical (unpaired) electrons. The topological polar surface area (TPSA) is 26.3 Å². The Bertz CT molecular complexity index is 575. The smallest absolute Gasteiger partial charge is 0.210 e. The maximum atomic E-state index is 11.9. The molecule has 1 aromatic heterocycles. The highest BCUT2D eigenvalue weighted by Gasteiger charge is 2.10. The Morgan fingerprint density at radius 3 is 2.72 bits per heavy atom. The number of rotatable bonds is 4. The molecule has 4 heteroatoms. The third-order valence-electron chi connectivity index (χ3n) is 2.46. The molecule has 0 saturated carbocycles. The van der Waals surface area contributed by atoms with Crippen LogP contribution in [0, 0.1) is 13.8 Å². The van der Waals surface area contributed by atoms with E-state index in [0.717, 1.165) is 15.3 Å². The Labute approximate surface area is 115 Å². The summed E-state index contributed by atoms with van der Waals surface area (Å²) < 4.78 is 5.47. The van der Waals surface area contributed by atoms with E-state index < -0.39 is 0 Å². The first-order chi connectivity index (χ1) is 8.56. The minimum absolute atomic E-state index is 0.0170. The van der Waals surface area contributed by atoms with Crippen LogP contribution in [-0.4, -0.2) is 12.4 Å². The third-order valence-corrected chi connectivity index (χ3v) is 3.81. The van der Waals surface area contributed by atoms with Gasteiger partial charge in [0.1, 0.15) is 5.75 Å². The van der Waals surface area contributed by atoms with Gasteiger partial charge in [-0.15, -0.1) is 11.3 Å².